The molecule has 0 aliphatic carbocycles. The number of rotatable bonds is 3. The molecule has 0 unspecified atom stereocenters. The first-order valence-electron chi connectivity index (χ1n) is 5.46. The first-order chi connectivity index (χ1) is 8.63. The molecule has 0 aliphatic heterocycles. The number of ether oxygens (including phenoxy) is 1. The Labute approximate surface area is 133 Å². The Morgan fingerprint density at radius 1 is 1.00 bits per heavy atom. The van der Waals surface area contributed by atoms with Gasteiger partial charge in [-0.2, -0.15) is 0 Å². The van der Waals surface area contributed by atoms with Crippen LogP contribution in [0.25, 0.3) is 0 Å². The normalized spacial score (nSPS) is 9.32. The van der Waals surface area contributed by atoms with Crippen LogP contribution in [0.15, 0.2) is 48.5 Å². The third-order valence-electron chi connectivity index (χ3n) is 2.23. The van der Waals surface area contributed by atoms with Crippen molar-refractivity contribution < 1.29 is 44.2 Å². The minimum Gasteiger partial charge on any atom is -0.872 e. The van der Waals surface area contributed by atoms with Crippen molar-refractivity contribution in [2.45, 2.75) is 6.92 Å². The molecule has 2 aromatic rings. The number of nitrogens with one attached hydrogen (secondary N) is 1. The minimum atomic E-state index is -0.116. The number of benzene rings is 2. The second-order valence-electron chi connectivity index (χ2n) is 3.78. The van der Waals surface area contributed by atoms with Crippen molar-refractivity contribution in [3.8, 4) is 17.2 Å². The van der Waals surface area contributed by atoms with Crippen LogP contribution in [0.5, 0.6) is 17.2 Å². The van der Waals surface area contributed by atoms with Crippen LogP contribution in [-0.4, -0.2) is 5.91 Å². The van der Waals surface area contributed by atoms with Crippen LogP contribution >= 0.6 is 0 Å². The van der Waals surface area contributed by atoms with Gasteiger partial charge >= 0.3 is 29.6 Å². The Bertz CT molecular complexity index is 538. The summed E-state index contributed by atoms with van der Waals surface area (Å²) in [5, 5.41) is 13.6. The largest absolute Gasteiger partial charge is 1.00 e. The van der Waals surface area contributed by atoms with Crippen molar-refractivity contribution in [1.29, 1.82) is 0 Å². The van der Waals surface area contributed by atoms with Gasteiger partial charge < -0.3 is 15.2 Å². The molecule has 0 spiro atoms. The molecule has 4 nitrogen and oxygen atoms in total. The van der Waals surface area contributed by atoms with E-state index in [1.54, 1.807) is 36.4 Å². The predicted octanol–water partition coefficient (Wildman–Crippen LogP) is -0.485. The van der Waals surface area contributed by atoms with Crippen LogP contribution in [0, 0.1) is 0 Å². The van der Waals surface area contributed by atoms with Gasteiger partial charge in [-0.15, -0.1) is 5.75 Å². The van der Waals surface area contributed by atoms with Gasteiger partial charge in [0.2, 0.25) is 5.91 Å². The average Bonchev–Trinajstić information content (AvgIpc) is 2.34. The Kier molecular flexibility index (Phi) is 5.89. The number of carbonyl (C=O) groups excluding carboxylic acids is 1. The molecule has 1 N–H and O–H groups in total. The summed E-state index contributed by atoms with van der Waals surface area (Å²) in [6.45, 7) is 1.45. The van der Waals surface area contributed by atoms with Gasteiger partial charge in [0, 0.05) is 12.6 Å². The third-order valence-corrected chi connectivity index (χ3v) is 2.23. The second-order valence-corrected chi connectivity index (χ2v) is 3.78. The van der Waals surface area contributed by atoms with E-state index in [-0.39, 0.29) is 41.2 Å². The minimum absolute atomic E-state index is 0. The summed E-state index contributed by atoms with van der Waals surface area (Å²) < 4.78 is 5.54. The van der Waals surface area contributed by atoms with Crippen molar-refractivity contribution in [3.63, 3.8) is 0 Å². The van der Waals surface area contributed by atoms with Gasteiger partial charge in [-0.1, -0.05) is 12.1 Å². The number of anilines is 1. The van der Waals surface area contributed by atoms with E-state index in [1.165, 1.54) is 19.1 Å². The van der Waals surface area contributed by atoms with Gasteiger partial charge in [-0.25, -0.2) is 0 Å². The van der Waals surface area contributed by atoms with E-state index in [0.717, 1.165) is 0 Å². The van der Waals surface area contributed by atoms with E-state index in [0.29, 0.717) is 17.2 Å². The van der Waals surface area contributed by atoms with Crippen LogP contribution in [0.2, 0.25) is 0 Å². The predicted molar refractivity (Wildman–Crippen MR) is 66.7 cm³/mol. The van der Waals surface area contributed by atoms with Crippen LogP contribution in [0.4, 0.5) is 5.69 Å². The maximum atomic E-state index is 10.9. The fourth-order valence-electron chi connectivity index (χ4n) is 1.45. The molecule has 0 heterocycles. The number of carbonyl (C=O) groups is 1. The van der Waals surface area contributed by atoms with E-state index in [9.17, 15) is 9.90 Å². The number of hydrogen-bond acceptors (Lipinski definition) is 3. The van der Waals surface area contributed by atoms with Gasteiger partial charge in [0.1, 0.15) is 11.5 Å². The van der Waals surface area contributed by atoms with Crippen LogP contribution < -0.4 is 44.7 Å². The van der Waals surface area contributed by atoms with Crippen LogP contribution in [0.3, 0.4) is 0 Å². The smallest absolute Gasteiger partial charge is 0.872 e. The molecule has 0 radical (unpaired) electrons. The summed E-state index contributed by atoms with van der Waals surface area (Å²) >= 11 is 0. The zero-order chi connectivity index (χ0) is 13.0. The van der Waals surface area contributed by atoms with E-state index in [2.05, 4.69) is 5.32 Å². The molecular weight excluding hydrogens is 253 g/mol. The molecule has 5 heteroatoms. The SMILES string of the molecule is CC(=O)Nc1ccc(Oc2ccc([O-])cc2)cc1.[Na+]. The maximum Gasteiger partial charge on any atom is 1.00 e. The molecule has 2 rings (SSSR count). The van der Waals surface area contributed by atoms with Gasteiger partial charge in [-0.05, 0) is 36.4 Å². The Balaban J connectivity index is 0.00000180. The summed E-state index contributed by atoms with van der Waals surface area (Å²) in [5.41, 5.74) is 0.713. The quantitative estimate of drug-likeness (QED) is 0.762. The summed E-state index contributed by atoms with van der Waals surface area (Å²) in [6, 6.07) is 13.1. The average molecular weight is 265 g/mol. The molecule has 1 amide bonds. The Morgan fingerprint density at radius 2 is 1.47 bits per heavy atom. The monoisotopic (exact) mass is 265 g/mol. The van der Waals surface area contributed by atoms with Crippen molar-refractivity contribution in [3.05, 3.63) is 48.5 Å². The van der Waals surface area contributed by atoms with Gasteiger partial charge in [0.25, 0.3) is 0 Å². The second kappa shape index (κ2) is 7.19. The molecule has 0 aromatic heterocycles. The van der Waals surface area contributed by atoms with Crippen LogP contribution in [0.1, 0.15) is 6.92 Å². The standard InChI is InChI=1S/C14H13NO3.Na/c1-10(16)15-11-2-6-13(7-3-11)18-14-8-4-12(17)5-9-14;/h2-9,17H,1H3,(H,15,16);/q;+1/p-1. The molecule has 2 aromatic carbocycles. The van der Waals surface area contributed by atoms with Gasteiger partial charge in [0.15, 0.2) is 0 Å². The zero-order valence-corrected chi connectivity index (χ0v) is 12.8. The summed E-state index contributed by atoms with van der Waals surface area (Å²) in [6.07, 6.45) is 0. The van der Waals surface area contributed by atoms with Crippen molar-refractivity contribution in [1.82, 2.24) is 0 Å². The van der Waals surface area contributed by atoms with E-state index < -0.39 is 0 Å². The Hall–Kier alpha value is -1.49. The third kappa shape index (κ3) is 4.95. The molecular formula is C14H12NNaO3. The summed E-state index contributed by atoms with van der Waals surface area (Å²) in [5.74, 6) is 1.07. The molecule has 0 fully saturated rings. The van der Waals surface area contributed by atoms with Crippen molar-refractivity contribution in [2.75, 3.05) is 5.32 Å². The topological polar surface area (TPSA) is 61.4 Å². The number of amides is 1. The van der Waals surface area contributed by atoms with Crippen LogP contribution in [-0.2, 0) is 4.79 Å². The van der Waals surface area contributed by atoms with Gasteiger partial charge in [-0.3, -0.25) is 4.79 Å². The van der Waals surface area contributed by atoms with Crippen molar-refractivity contribution in [2.24, 2.45) is 0 Å². The first kappa shape index (κ1) is 15.6. The van der Waals surface area contributed by atoms with E-state index >= 15 is 0 Å². The summed E-state index contributed by atoms with van der Waals surface area (Å²) in [4.78, 5) is 10.8. The first-order valence-corrected chi connectivity index (χ1v) is 5.46. The fourth-order valence-corrected chi connectivity index (χ4v) is 1.45. The van der Waals surface area contributed by atoms with E-state index in [4.69, 9.17) is 4.74 Å². The van der Waals surface area contributed by atoms with E-state index in [1.807, 2.05) is 0 Å². The number of hydrogen-bond donors (Lipinski definition) is 1. The molecule has 19 heavy (non-hydrogen) atoms. The van der Waals surface area contributed by atoms with Crippen molar-refractivity contribution >= 4 is 11.6 Å². The molecule has 0 saturated heterocycles. The molecule has 92 valence electrons. The molecule has 0 bridgehead atoms. The maximum absolute atomic E-state index is 10.9. The van der Waals surface area contributed by atoms with Gasteiger partial charge in [0.05, 0.1) is 0 Å². The molecule has 0 aliphatic rings. The summed E-state index contributed by atoms with van der Waals surface area (Å²) in [7, 11) is 0. The zero-order valence-electron chi connectivity index (χ0n) is 10.8. The Morgan fingerprint density at radius 3 is 1.95 bits per heavy atom. The fraction of sp³-hybridized carbons (Fsp3) is 0.0714. The molecule has 0 atom stereocenters. The molecule has 0 saturated carbocycles.